The Bertz CT molecular complexity index is 332. The van der Waals surface area contributed by atoms with Gasteiger partial charge >= 0.3 is 0 Å². The zero-order chi connectivity index (χ0) is 10.7. The zero-order valence-electron chi connectivity index (χ0n) is 9.03. The summed E-state index contributed by atoms with van der Waals surface area (Å²) >= 11 is 0. The van der Waals surface area contributed by atoms with Gasteiger partial charge in [0.2, 0.25) is 0 Å². The Balaban J connectivity index is 1.95. The summed E-state index contributed by atoms with van der Waals surface area (Å²) in [4.78, 5) is 0. The topological polar surface area (TPSA) is 44.5 Å². The van der Waals surface area contributed by atoms with Gasteiger partial charge in [-0.1, -0.05) is 12.1 Å². The molecule has 2 rings (SSSR count). The third-order valence-corrected chi connectivity index (χ3v) is 2.73. The van der Waals surface area contributed by atoms with Gasteiger partial charge in [0.05, 0.1) is 11.8 Å². The summed E-state index contributed by atoms with van der Waals surface area (Å²) in [6.45, 7) is 3.44. The molecular formula is C12H17NO2. The summed E-state index contributed by atoms with van der Waals surface area (Å²) in [5.74, 6) is 0.769. The van der Waals surface area contributed by atoms with E-state index >= 15 is 0 Å². The molecule has 1 atom stereocenters. The van der Waals surface area contributed by atoms with E-state index in [-0.39, 0.29) is 6.10 Å². The maximum atomic E-state index is 5.90. The largest absolute Gasteiger partial charge is 0.489 e. The molecule has 1 aliphatic heterocycles. The highest BCUT2D eigenvalue weighted by Crippen LogP contribution is 2.25. The molecule has 2 N–H and O–H groups in total. The molecule has 0 saturated carbocycles. The highest BCUT2D eigenvalue weighted by atomic mass is 16.5. The first kappa shape index (κ1) is 10.3. The van der Waals surface area contributed by atoms with Crippen molar-refractivity contribution in [2.24, 2.45) is 0 Å². The molecule has 0 spiro atoms. The van der Waals surface area contributed by atoms with Crippen molar-refractivity contribution in [3.8, 4) is 5.75 Å². The molecule has 1 aliphatic rings. The molecular weight excluding hydrogens is 190 g/mol. The predicted molar refractivity (Wildman–Crippen MR) is 60.1 cm³/mol. The molecule has 1 heterocycles. The average molecular weight is 207 g/mol. The van der Waals surface area contributed by atoms with Gasteiger partial charge in [-0.3, -0.25) is 0 Å². The first-order valence-corrected chi connectivity index (χ1v) is 5.37. The minimum absolute atomic E-state index is 0.241. The van der Waals surface area contributed by atoms with Crippen molar-refractivity contribution >= 4 is 5.69 Å². The maximum absolute atomic E-state index is 5.90. The van der Waals surface area contributed by atoms with Crippen molar-refractivity contribution in [1.82, 2.24) is 0 Å². The molecule has 3 nitrogen and oxygen atoms in total. The summed E-state index contributed by atoms with van der Waals surface area (Å²) in [7, 11) is 0. The third-order valence-electron chi connectivity index (χ3n) is 2.73. The minimum atomic E-state index is 0.241. The summed E-state index contributed by atoms with van der Waals surface area (Å²) in [5.41, 5.74) is 7.69. The van der Waals surface area contributed by atoms with Crippen LogP contribution >= 0.6 is 0 Å². The quantitative estimate of drug-likeness (QED) is 0.772. The number of hydrogen-bond acceptors (Lipinski definition) is 3. The Labute approximate surface area is 90.2 Å². The van der Waals surface area contributed by atoms with Crippen LogP contribution in [0.5, 0.6) is 5.75 Å². The molecule has 1 fully saturated rings. The second-order valence-corrected chi connectivity index (χ2v) is 3.93. The van der Waals surface area contributed by atoms with Crippen LogP contribution in [-0.4, -0.2) is 19.3 Å². The second kappa shape index (κ2) is 4.53. The molecule has 0 amide bonds. The van der Waals surface area contributed by atoms with E-state index in [0.717, 1.165) is 36.4 Å². The molecule has 0 aliphatic carbocycles. The molecule has 15 heavy (non-hydrogen) atoms. The van der Waals surface area contributed by atoms with Crippen LogP contribution in [0, 0.1) is 6.92 Å². The average Bonchev–Trinajstić information content (AvgIpc) is 2.73. The van der Waals surface area contributed by atoms with Gasteiger partial charge in [0.1, 0.15) is 12.4 Å². The highest BCUT2D eigenvalue weighted by molar-refractivity contribution is 5.57. The van der Waals surface area contributed by atoms with Gasteiger partial charge in [-0.2, -0.15) is 0 Å². The Kier molecular flexibility index (Phi) is 3.11. The van der Waals surface area contributed by atoms with E-state index in [2.05, 4.69) is 0 Å². The Morgan fingerprint density at radius 2 is 2.40 bits per heavy atom. The van der Waals surface area contributed by atoms with Gasteiger partial charge in [-0.25, -0.2) is 0 Å². The Morgan fingerprint density at radius 1 is 1.53 bits per heavy atom. The SMILES string of the molecule is Cc1cccc(OCC2CCCO2)c1N. The van der Waals surface area contributed by atoms with Crippen LogP contribution in [0.25, 0.3) is 0 Å². The number of aryl methyl sites for hydroxylation is 1. The molecule has 1 unspecified atom stereocenters. The smallest absolute Gasteiger partial charge is 0.142 e. The normalized spacial score (nSPS) is 20.5. The lowest BCUT2D eigenvalue weighted by atomic mass is 10.2. The highest BCUT2D eigenvalue weighted by Gasteiger charge is 2.16. The Hall–Kier alpha value is -1.22. The van der Waals surface area contributed by atoms with Gasteiger partial charge in [0.15, 0.2) is 0 Å². The summed E-state index contributed by atoms with van der Waals surface area (Å²) < 4.78 is 11.1. The van der Waals surface area contributed by atoms with Crippen LogP contribution in [0.3, 0.4) is 0 Å². The first-order chi connectivity index (χ1) is 7.27. The fraction of sp³-hybridized carbons (Fsp3) is 0.500. The lowest BCUT2D eigenvalue weighted by Gasteiger charge is -2.13. The van der Waals surface area contributed by atoms with Crippen molar-refractivity contribution in [3.05, 3.63) is 23.8 Å². The van der Waals surface area contributed by atoms with Crippen molar-refractivity contribution < 1.29 is 9.47 Å². The fourth-order valence-electron chi connectivity index (χ4n) is 1.74. The van der Waals surface area contributed by atoms with Crippen LogP contribution < -0.4 is 10.5 Å². The maximum Gasteiger partial charge on any atom is 0.142 e. The van der Waals surface area contributed by atoms with Crippen molar-refractivity contribution in [2.45, 2.75) is 25.9 Å². The zero-order valence-corrected chi connectivity index (χ0v) is 9.03. The molecule has 1 saturated heterocycles. The summed E-state index contributed by atoms with van der Waals surface area (Å²) in [6, 6.07) is 5.84. The van der Waals surface area contributed by atoms with E-state index in [1.807, 2.05) is 25.1 Å². The van der Waals surface area contributed by atoms with E-state index < -0.39 is 0 Å². The summed E-state index contributed by atoms with van der Waals surface area (Å²) in [6.07, 6.45) is 2.47. The predicted octanol–water partition coefficient (Wildman–Crippen LogP) is 2.14. The monoisotopic (exact) mass is 207 g/mol. The number of para-hydroxylation sites is 1. The fourth-order valence-corrected chi connectivity index (χ4v) is 1.74. The van der Waals surface area contributed by atoms with E-state index in [9.17, 15) is 0 Å². The van der Waals surface area contributed by atoms with Crippen LogP contribution in [0.2, 0.25) is 0 Å². The number of rotatable bonds is 3. The second-order valence-electron chi connectivity index (χ2n) is 3.93. The molecule has 82 valence electrons. The van der Waals surface area contributed by atoms with Crippen LogP contribution in [0.15, 0.2) is 18.2 Å². The van der Waals surface area contributed by atoms with Crippen LogP contribution in [-0.2, 0) is 4.74 Å². The van der Waals surface area contributed by atoms with E-state index in [0.29, 0.717) is 6.61 Å². The van der Waals surface area contributed by atoms with Gasteiger partial charge in [-0.05, 0) is 31.4 Å². The van der Waals surface area contributed by atoms with Gasteiger partial charge in [0, 0.05) is 6.61 Å². The standard InChI is InChI=1S/C12H17NO2/c1-9-4-2-6-11(12(9)13)15-8-10-5-3-7-14-10/h2,4,6,10H,3,5,7-8,13H2,1H3. The number of hydrogen-bond donors (Lipinski definition) is 1. The van der Waals surface area contributed by atoms with Crippen LogP contribution in [0.1, 0.15) is 18.4 Å². The van der Waals surface area contributed by atoms with Crippen molar-refractivity contribution in [2.75, 3.05) is 18.9 Å². The van der Waals surface area contributed by atoms with Crippen LogP contribution in [0.4, 0.5) is 5.69 Å². The van der Waals surface area contributed by atoms with Crippen molar-refractivity contribution in [3.63, 3.8) is 0 Å². The Morgan fingerprint density at radius 3 is 3.13 bits per heavy atom. The number of ether oxygens (including phenoxy) is 2. The van der Waals surface area contributed by atoms with Crippen molar-refractivity contribution in [1.29, 1.82) is 0 Å². The number of nitrogens with two attached hydrogens (primary N) is 1. The lowest BCUT2D eigenvalue weighted by Crippen LogP contribution is -2.16. The van der Waals surface area contributed by atoms with Gasteiger partial charge in [0.25, 0.3) is 0 Å². The molecule has 1 aromatic rings. The molecule has 1 aromatic carbocycles. The number of benzene rings is 1. The number of nitrogen functional groups attached to an aromatic ring is 1. The van der Waals surface area contributed by atoms with Gasteiger partial charge in [-0.15, -0.1) is 0 Å². The third kappa shape index (κ3) is 2.42. The van der Waals surface area contributed by atoms with E-state index in [1.165, 1.54) is 0 Å². The van der Waals surface area contributed by atoms with E-state index in [4.69, 9.17) is 15.2 Å². The minimum Gasteiger partial charge on any atom is -0.489 e. The van der Waals surface area contributed by atoms with E-state index in [1.54, 1.807) is 0 Å². The molecule has 0 bridgehead atoms. The molecule has 3 heteroatoms. The summed E-state index contributed by atoms with van der Waals surface area (Å²) in [5, 5.41) is 0. The lowest BCUT2D eigenvalue weighted by molar-refractivity contribution is 0.0682. The number of anilines is 1. The molecule has 0 radical (unpaired) electrons. The van der Waals surface area contributed by atoms with Gasteiger partial charge < -0.3 is 15.2 Å². The molecule has 0 aromatic heterocycles. The first-order valence-electron chi connectivity index (χ1n) is 5.37.